The maximum absolute atomic E-state index is 14.6. The number of aryl methyl sites for hydroxylation is 1. The number of aromatic nitrogens is 1. The number of carbonyl (C=O) groups is 1. The molecular formula is C17H17FN2O3. The van der Waals surface area contributed by atoms with Crippen LogP contribution in [0.3, 0.4) is 0 Å². The molecule has 0 spiro atoms. The Morgan fingerprint density at radius 3 is 2.61 bits per heavy atom. The Morgan fingerprint density at radius 2 is 2.09 bits per heavy atom. The first-order valence-electron chi connectivity index (χ1n) is 7.74. The van der Waals surface area contributed by atoms with Crippen LogP contribution in [0.5, 0.6) is 0 Å². The van der Waals surface area contributed by atoms with Gasteiger partial charge in [-0.15, -0.1) is 0 Å². The van der Waals surface area contributed by atoms with Gasteiger partial charge in [-0.25, -0.2) is 9.18 Å². The molecule has 0 amide bonds. The molecule has 3 N–H and O–H groups in total. The predicted octanol–water partition coefficient (Wildman–Crippen LogP) is 2.43. The molecular weight excluding hydrogens is 299 g/mol. The highest BCUT2D eigenvalue weighted by Crippen LogP contribution is 2.47. The Hall–Kier alpha value is -2.21. The van der Waals surface area contributed by atoms with Crippen molar-refractivity contribution in [3.63, 3.8) is 0 Å². The average molecular weight is 316 g/mol. The molecule has 4 rings (SSSR count). The van der Waals surface area contributed by atoms with E-state index in [2.05, 4.69) is 0 Å². The third kappa shape index (κ3) is 2.01. The fraction of sp³-hybridized carbons (Fsp3) is 0.412. The molecule has 0 radical (unpaired) electrons. The maximum atomic E-state index is 14.6. The van der Waals surface area contributed by atoms with E-state index in [0.29, 0.717) is 16.6 Å². The number of rotatable bonds is 3. The number of carboxylic acid groups (broad SMARTS) is 1. The molecule has 1 heterocycles. The highest BCUT2D eigenvalue weighted by Gasteiger charge is 2.44. The van der Waals surface area contributed by atoms with E-state index in [-0.39, 0.29) is 17.0 Å². The SMILES string of the molecule is Cc1c(C2(N)CC2)c(F)cc2c(=O)c(C(=O)O)cn(C3CC3)c12. The minimum Gasteiger partial charge on any atom is -0.477 e. The van der Waals surface area contributed by atoms with E-state index in [0.717, 1.165) is 31.7 Å². The van der Waals surface area contributed by atoms with Gasteiger partial charge in [-0.3, -0.25) is 4.79 Å². The predicted molar refractivity (Wildman–Crippen MR) is 83.2 cm³/mol. The van der Waals surface area contributed by atoms with Gasteiger partial charge < -0.3 is 15.4 Å². The van der Waals surface area contributed by atoms with Crippen molar-refractivity contribution in [3.8, 4) is 0 Å². The summed E-state index contributed by atoms with van der Waals surface area (Å²) in [5.74, 6) is -1.80. The van der Waals surface area contributed by atoms with Crippen molar-refractivity contribution in [1.29, 1.82) is 0 Å². The third-order valence-electron chi connectivity index (χ3n) is 4.97. The second-order valence-corrected chi connectivity index (χ2v) is 6.73. The second kappa shape index (κ2) is 4.41. The molecule has 0 saturated heterocycles. The van der Waals surface area contributed by atoms with Crippen LogP contribution in [-0.2, 0) is 5.54 Å². The topological polar surface area (TPSA) is 85.3 Å². The van der Waals surface area contributed by atoms with E-state index < -0.39 is 22.8 Å². The highest BCUT2D eigenvalue weighted by molar-refractivity contribution is 5.94. The number of carboxylic acids is 1. The zero-order valence-electron chi connectivity index (χ0n) is 12.7. The molecule has 0 unspecified atom stereocenters. The van der Waals surface area contributed by atoms with Crippen molar-refractivity contribution in [2.24, 2.45) is 5.73 Å². The van der Waals surface area contributed by atoms with Crippen LogP contribution in [0.25, 0.3) is 10.9 Å². The molecule has 5 nitrogen and oxygen atoms in total. The van der Waals surface area contributed by atoms with Gasteiger partial charge in [0.25, 0.3) is 0 Å². The Bertz CT molecular complexity index is 924. The second-order valence-electron chi connectivity index (χ2n) is 6.73. The number of halogens is 1. The van der Waals surface area contributed by atoms with Gasteiger partial charge in [0.2, 0.25) is 5.43 Å². The Balaban J connectivity index is 2.14. The molecule has 2 aliphatic carbocycles. The first kappa shape index (κ1) is 14.4. The van der Waals surface area contributed by atoms with Crippen LogP contribution in [0.1, 0.15) is 53.2 Å². The number of nitrogens with two attached hydrogens (primary N) is 1. The maximum Gasteiger partial charge on any atom is 0.341 e. The van der Waals surface area contributed by atoms with Gasteiger partial charge in [0, 0.05) is 28.7 Å². The molecule has 2 fully saturated rings. The molecule has 23 heavy (non-hydrogen) atoms. The van der Waals surface area contributed by atoms with E-state index in [1.165, 1.54) is 6.20 Å². The summed E-state index contributed by atoms with van der Waals surface area (Å²) in [6.45, 7) is 1.77. The van der Waals surface area contributed by atoms with Gasteiger partial charge >= 0.3 is 5.97 Å². The van der Waals surface area contributed by atoms with Crippen molar-refractivity contribution < 1.29 is 14.3 Å². The van der Waals surface area contributed by atoms with Gasteiger partial charge in [0.1, 0.15) is 11.4 Å². The van der Waals surface area contributed by atoms with Crippen molar-refractivity contribution in [1.82, 2.24) is 4.57 Å². The molecule has 2 aliphatic rings. The van der Waals surface area contributed by atoms with Gasteiger partial charge in [0.15, 0.2) is 0 Å². The van der Waals surface area contributed by atoms with Crippen LogP contribution in [0.4, 0.5) is 4.39 Å². The Kier molecular flexibility index (Phi) is 2.76. The van der Waals surface area contributed by atoms with Gasteiger partial charge in [-0.05, 0) is 44.2 Å². The summed E-state index contributed by atoms with van der Waals surface area (Å²) in [5.41, 5.74) is 6.32. The number of nitrogens with zero attached hydrogens (tertiary/aromatic N) is 1. The standard InChI is InChI=1S/C17H17FN2O3/c1-8-13(17(19)4-5-17)12(18)6-10-14(8)20(9-2-3-9)7-11(15(10)21)16(22)23/h6-7,9H,2-5,19H2,1H3,(H,22,23). The average Bonchev–Trinajstić information content (AvgIpc) is 3.36. The fourth-order valence-corrected chi connectivity index (χ4v) is 3.47. The number of hydrogen-bond donors (Lipinski definition) is 2. The van der Waals surface area contributed by atoms with E-state index in [1.54, 1.807) is 6.92 Å². The lowest BCUT2D eigenvalue weighted by Crippen LogP contribution is -2.25. The lowest BCUT2D eigenvalue weighted by atomic mass is 9.95. The summed E-state index contributed by atoms with van der Waals surface area (Å²) in [6, 6.07) is 1.33. The summed E-state index contributed by atoms with van der Waals surface area (Å²) in [7, 11) is 0. The minimum absolute atomic E-state index is 0.125. The molecule has 2 aromatic rings. The van der Waals surface area contributed by atoms with Crippen LogP contribution in [-0.4, -0.2) is 15.6 Å². The van der Waals surface area contributed by atoms with Crippen molar-refractivity contribution in [2.45, 2.75) is 44.2 Å². The largest absolute Gasteiger partial charge is 0.477 e. The van der Waals surface area contributed by atoms with Crippen LogP contribution >= 0.6 is 0 Å². The first-order chi connectivity index (χ1) is 10.8. The Morgan fingerprint density at radius 1 is 1.43 bits per heavy atom. The highest BCUT2D eigenvalue weighted by atomic mass is 19.1. The monoisotopic (exact) mass is 316 g/mol. The smallest absolute Gasteiger partial charge is 0.341 e. The number of aromatic carboxylic acids is 1. The summed E-state index contributed by atoms with van der Waals surface area (Å²) >= 11 is 0. The zero-order valence-corrected chi connectivity index (χ0v) is 12.7. The number of benzene rings is 1. The van der Waals surface area contributed by atoms with Crippen LogP contribution in [0.15, 0.2) is 17.1 Å². The van der Waals surface area contributed by atoms with Crippen LogP contribution in [0.2, 0.25) is 0 Å². The number of pyridine rings is 1. The first-order valence-corrected chi connectivity index (χ1v) is 7.74. The lowest BCUT2D eigenvalue weighted by Gasteiger charge is -2.20. The molecule has 6 heteroatoms. The van der Waals surface area contributed by atoms with Gasteiger partial charge in [-0.2, -0.15) is 0 Å². The fourth-order valence-electron chi connectivity index (χ4n) is 3.47. The quantitative estimate of drug-likeness (QED) is 0.910. The summed E-state index contributed by atoms with van der Waals surface area (Å²) in [6.07, 6.45) is 4.69. The van der Waals surface area contributed by atoms with E-state index in [1.807, 2.05) is 4.57 Å². The lowest BCUT2D eigenvalue weighted by molar-refractivity contribution is 0.0695. The van der Waals surface area contributed by atoms with Crippen molar-refractivity contribution >= 4 is 16.9 Å². The molecule has 1 aromatic heterocycles. The molecule has 1 aromatic carbocycles. The van der Waals surface area contributed by atoms with Crippen molar-refractivity contribution in [2.75, 3.05) is 0 Å². The summed E-state index contributed by atoms with van der Waals surface area (Å²) in [5, 5.41) is 9.38. The van der Waals surface area contributed by atoms with Crippen molar-refractivity contribution in [3.05, 3.63) is 45.0 Å². The number of fused-ring (bicyclic) bond motifs is 1. The van der Waals surface area contributed by atoms with Crippen LogP contribution in [0, 0.1) is 12.7 Å². The van der Waals surface area contributed by atoms with E-state index in [4.69, 9.17) is 5.73 Å². The van der Waals surface area contributed by atoms with E-state index in [9.17, 15) is 19.1 Å². The summed E-state index contributed by atoms with van der Waals surface area (Å²) < 4.78 is 16.4. The number of hydrogen-bond acceptors (Lipinski definition) is 3. The molecule has 120 valence electrons. The summed E-state index contributed by atoms with van der Waals surface area (Å²) in [4.78, 5) is 23.8. The molecule has 2 saturated carbocycles. The van der Waals surface area contributed by atoms with Gasteiger partial charge in [0.05, 0.1) is 5.52 Å². The van der Waals surface area contributed by atoms with Crippen LogP contribution < -0.4 is 11.2 Å². The molecule has 0 atom stereocenters. The Labute approximate surface area is 131 Å². The van der Waals surface area contributed by atoms with E-state index >= 15 is 0 Å². The molecule has 0 aliphatic heterocycles. The zero-order chi connectivity index (χ0) is 16.5. The molecule has 0 bridgehead atoms. The van der Waals surface area contributed by atoms with Gasteiger partial charge in [-0.1, -0.05) is 0 Å². The third-order valence-corrected chi connectivity index (χ3v) is 4.97. The normalized spacial score (nSPS) is 19.1. The minimum atomic E-state index is -1.29.